The molecule has 3 aromatic rings. The molecule has 0 unspecified atom stereocenters. The minimum Gasteiger partial charge on any atom is -0.496 e. The average Bonchev–Trinajstić information content (AvgIpc) is 2.91. The van der Waals surface area contributed by atoms with E-state index < -0.39 is 23.8 Å². The van der Waals surface area contributed by atoms with Crippen molar-refractivity contribution < 1.29 is 47.2 Å². The van der Waals surface area contributed by atoms with Gasteiger partial charge in [0.05, 0.1) is 48.8 Å². The first-order chi connectivity index (χ1) is 17.9. The Labute approximate surface area is 212 Å². The van der Waals surface area contributed by atoms with Gasteiger partial charge in [0.25, 0.3) is 0 Å². The molecular weight excluding hydrogens is 488 g/mol. The van der Waals surface area contributed by atoms with Crippen molar-refractivity contribution in [2.45, 2.75) is 12.8 Å². The van der Waals surface area contributed by atoms with E-state index in [1.807, 2.05) is 0 Å². The molecule has 0 radical (unpaired) electrons. The molecule has 198 valence electrons. The Kier molecular flexibility index (Phi) is 9.20. The van der Waals surface area contributed by atoms with Crippen molar-refractivity contribution in [3.05, 3.63) is 40.6 Å². The summed E-state index contributed by atoms with van der Waals surface area (Å²) in [6, 6.07) is 8.20. The molecule has 11 heteroatoms. The fourth-order valence-electron chi connectivity index (χ4n) is 3.50. The third-order valence-corrected chi connectivity index (χ3v) is 5.30. The van der Waals surface area contributed by atoms with Gasteiger partial charge in [-0.15, -0.1) is 0 Å². The van der Waals surface area contributed by atoms with Crippen molar-refractivity contribution in [1.82, 2.24) is 0 Å². The molecule has 3 rings (SSSR count). The van der Waals surface area contributed by atoms with Crippen LogP contribution >= 0.6 is 0 Å². The van der Waals surface area contributed by atoms with Crippen molar-refractivity contribution in [3.8, 4) is 40.1 Å². The van der Waals surface area contributed by atoms with E-state index in [0.29, 0.717) is 29.2 Å². The molecule has 0 fully saturated rings. The van der Waals surface area contributed by atoms with Crippen LogP contribution in [0.2, 0.25) is 0 Å². The summed E-state index contributed by atoms with van der Waals surface area (Å²) in [5, 5.41) is 0.157. The average molecular weight is 516 g/mol. The van der Waals surface area contributed by atoms with Crippen LogP contribution in [0.3, 0.4) is 0 Å². The summed E-state index contributed by atoms with van der Waals surface area (Å²) in [7, 11) is 7.06. The predicted molar refractivity (Wildman–Crippen MR) is 132 cm³/mol. The molecule has 0 aliphatic carbocycles. The third-order valence-electron chi connectivity index (χ3n) is 5.30. The minimum atomic E-state index is -0.702. The van der Waals surface area contributed by atoms with Gasteiger partial charge in [-0.2, -0.15) is 0 Å². The Morgan fingerprint density at radius 3 is 2.22 bits per heavy atom. The van der Waals surface area contributed by atoms with Crippen LogP contribution in [-0.4, -0.2) is 60.7 Å². The molecule has 0 atom stereocenters. The van der Waals surface area contributed by atoms with Crippen molar-refractivity contribution in [2.24, 2.45) is 0 Å². The SMILES string of the molecule is COC(=O)CC(=O)OCCCOc1cc(OC)cc2oc(-c3ccc(OC)c(OC)c3)c(OC)c(=O)c12. The van der Waals surface area contributed by atoms with Gasteiger partial charge in [-0.25, -0.2) is 0 Å². The number of rotatable bonds is 12. The van der Waals surface area contributed by atoms with Gasteiger partial charge in [-0.3, -0.25) is 14.4 Å². The molecule has 0 bridgehead atoms. The lowest BCUT2D eigenvalue weighted by Gasteiger charge is -2.15. The lowest BCUT2D eigenvalue weighted by Crippen LogP contribution is -2.14. The molecule has 0 saturated carbocycles. The zero-order valence-electron chi connectivity index (χ0n) is 21.2. The van der Waals surface area contributed by atoms with Crippen LogP contribution in [0.4, 0.5) is 0 Å². The van der Waals surface area contributed by atoms with Crippen LogP contribution < -0.4 is 29.1 Å². The van der Waals surface area contributed by atoms with Crippen LogP contribution in [0.1, 0.15) is 12.8 Å². The zero-order valence-corrected chi connectivity index (χ0v) is 21.2. The quantitative estimate of drug-likeness (QED) is 0.200. The maximum atomic E-state index is 13.5. The number of hydrogen-bond donors (Lipinski definition) is 0. The van der Waals surface area contributed by atoms with E-state index in [-0.39, 0.29) is 41.4 Å². The van der Waals surface area contributed by atoms with Gasteiger partial charge in [-0.05, 0) is 18.2 Å². The lowest BCUT2D eigenvalue weighted by atomic mass is 10.1. The summed E-state index contributed by atoms with van der Waals surface area (Å²) in [6.07, 6.45) is -0.168. The van der Waals surface area contributed by atoms with Gasteiger partial charge in [0.15, 0.2) is 17.3 Å². The summed E-state index contributed by atoms with van der Waals surface area (Å²) < 4.78 is 42.8. The zero-order chi connectivity index (χ0) is 26.9. The number of fused-ring (bicyclic) bond motifs is 1. The highest BCUT2D eigenvalue weighted by Crippen LogP contribution is 2.39. The van der Waals surface area contributed by atoms with E-state index in [4.69, 9.17) is 32.8 Å². The fourth-order valence-corrected chi connectivity index (χ4v) is 3.50. The van der Waals surface area contributed by atoms with Gasteiger partial charge < -0.3 is 37.6 Å². The first-order valence-electron chi connectivity index (χ1n) is 11.2. The highest BCUT2D eigenvalue weighted by atomic mass is 16.6. The summed E-state index contributed by atoms with van der Waals surface area (Å²) in [5.41, 5.74) is 0.303. The van der Waals surface area contributed by atoms with Gasteiger partial charge in [0, 0.05) is 24.1 Å². The number of carbonyl (C=O) groups excluding carboxylic acids is 2. The number of carbonyl (C=O) groups is 2. The Balaban J connectivity index is 1.92. The van der Waals surface area contributed by atoms with Gasteiger partial charge >= 0.3 is 11.9 Å². The number of hydrogen-bond acceptors (Lipinski definition) is 11. The Morgan fingerprint density at radius 1 is 0.811 bits per heavy atom. The fraction of sp³-hybridized carbons (Fsp3) is 0.346. The van der Waals surface area contributed by atoms with Gasteiger partial charge in [0.1, 0.15) is 28.9 Å². The molecule has 0 amide bonds. The van der Waals surface area contributed by atoms with Crippen LogP contribution in [-0.2, 0) is 19.1 Å². The van der Waals surface area contributed by atoms with Crippen molar-refractivity contribution >= 4 is 22.9 Å². The molecule has 11 nitrogen and oxygen atoms in total. The van der Waals surface area contributed by atoms with E-state index in [2.05, 4.69) is 4.74 Å². The van der Waals surface area contributed by atoms with Crippen LogP contribution in [0, 0.1) is 0 Å². The van der Waals surface area contributed by atoms with E-state index in [1.165, 1.54) is 35.5 Å². The molecule has 1 heterocycles. The Bertz CT molecular complexity index is 1330. The topological polar surface area (TPSA) is 129 Å². The van der Waals surface area contributed by atoms with Crippen molar-refractivity contribution in [3.63, 3.8) is 0 Å². The smallest absolute Gasteiger partial charge is 0.317 e. The standard InChI is InChI=1S/C26H28O11/c1-30-16-12-19(35-9-6-10-36-22(28)14-21(27)33-4)23-20(13-16)37-25(26(34-5)24(23)29)15-7-8-17(31-2)18(11-15)32-3/h7-8,11-13H,6,9-10,14H2,1-5H3. The molecule has 37 heavy (non-hydrogen) atoms. The number of esters is 2. The molecule has 0 N–H and O–H groups in total. The highest BCUT2D eigenvalue weighted by Gasteiger charge is 2.22. The van der Waals surface area contributed by atoms with Crippen molar-refractivity contribution in [1.29, 1.82) is 0 Å². The third kappa shape index (κ3) is 6.24. The normalized spacial score (nSPS) is 10.5. The summed E-state index contributed by atoms with van der Waals surface area (Å²) in [4.78, 5) is 36.2. The number of benzene rings is 2. The Morgan fingerprint density at radius 2 is 1.57 bits per heavy atom. The molecular formula is C26H28O11. The minimum absolute atomic E-state index is 0.0130. The first-order valence-corrected chi connectivity index (χ1v) is 11.2. The van der Waals surface area contributed by atoms with Gasteiger partial charge in [0.2, 0.25) is 11.2 Å². The molecule has 0 aliphatic heterocycles. The summed E-state index contributed by atoms with van der Waals surface area (Å²) >= 11 is 0. The van der Waals surface area contributed by atoms with Crippen LogP contribution in [0.15, 0.2) is 39.5 Å². The second-order valence-electron chi connectivity index (χ2n) is 7.54. The van der Waals surface area contributed by atoms with Gasteiger partial charge in [-0.1, -0.05) is 0 Å². The first kappa shape index (κ1) is 27.2. The number of ether oxygens (including phenoxy) is 7. The predicted octanol–water partition coefficient (Wildman–Crippen LogP) is 3.37. The largest absolute Gasteiger partial charge is 0.496 e. The van der Waals surface area contributed by atoms with E-state index in [9.17, 15) is 14.4 Å². The molecule has 0 aliphatic rings. The molecule has 0 spiro atoms. The highest BCUT2D eigenvalue weighted by molar-refractivity contribution is 5.91. The monoisotopic (exact) mass is 516 g/mol. The van der Waals surface area contributed by atoms with Crippen LogP contribution in [0.5, 0.6) is 28.7 Å². The van der Waals surface area contributed by atoms with E-state index >= 15 is 0 Å². The molecule has 0 saturated heterocycles. The van der Waals surface area contributed by atoms with E-state index in [0.717, 1.165) is 0 Å². The maximum Gasteiger partial charge on any atom is 0.317 e. The molecule has 1 aromatic heterocycles. The second kappa shape index (κ2) is 12.5. The van der Waals surface area contributed by atoms with E-state index in [1.54, 1.807) is 30.3 Å². The molecule has 2 aromatic carbocycles. The van der Waals surface area contributed by atoms with Crippen molar-refractivity contribution in [2.75, 3.05) is 48.8 Å². The second-order valence-corrected chi connectivity index (χ2v) is 7.54. The summed E-state index contributed by atoms with van der Waals surface area (Å²) in [5.74, 6) is 0.362. The number of methoxy groups -OCH3 is 5. The summed E-state index contributed by atoms with van der Waals surface area (Å²) in [6.45, 7) is 0.117. The lowest BCUT2D eigenvalue weighted by molar-refractivity contribution is -0.153. The Hall–Kier alpha value is -4.41. The van der Waals surface area contributed by atoms with Crippen LogP contribution in [0.25, 0.3) is 22.3 Å². The maximum absolute atomic E-state index is 13.5.